The van der Waals surface area contributed by atoms with E-state index >= 15 is 0 Å². The number of hydrogen-bond acceptors (Lipinski definition) is 2. The van der Waals surface area contributed by atoms with Crippen LogP contribution in [0.5, 0.6) is 0 Å². The topological polar surface area (TPSA) is 63.3 Å². The maximum Gasteiger partial charge on any atom is 0.303 e. The smallest absolute Gasteiger partial charge is 0.303 e. The normalized spacial score (nSPS) is 24.4. The number of nitrogens with two attached hydrogens (primary N) is 1. The van der Waals surface area contributed by atoms with Crippen LogP contribution in [0.4, 0.5) is 0 Å². The number of carbonyl (C=O) groups is 1. The zero-order valence-electron chi connectivity index (χ0n) is 25.3. The van der Waals surface area contributed by atoms with Crippen molar-refractivity contribution in [1.29, 1.82) is 0 Å². The molecule has 3 N–H and O–H groups in total. The third-order valence-electron chi connectivity index (χ3n) is 10.3. The summed E-state index contributed by atoms with van der Waals surface area (Å²) >= 11 is 0. The summed E-state index contributed by atoms with van der Waals surface area (Å²) in [7, 11) is 0. The van der Waals surface area contributed by atoms with Gasteiger partial charge in [-0.25, -0.2) is 0 Å². The average Bonchev–Trinajstić information content (AvgIpc) is 2.99. The maximum atomic E-state index is 12.1. The van der Waals surface area contributed by atoms with Gasteiger partial charge in [0.15, 0.2) is 0 Å². The van der Waals surface area contributed by atoms with Crippen LogP contribution in [-0.2, 0) is 17.6 Å². The molecule has 0 bridgehead atoms. The van der Waals surface area contributed by atoms with Gasteiger partial charge in [0.1, 0.15) is 0 Å². The lowest BCUT2D eigenvalue weighted by Gasteiger charge is -2.44. The Morgan fingerprint density at radius 2 is 1.51 bits per heavy atom. The summed E-state index contributed by atoms with van der Waals surface area (Å²) in [5, 5.41) is 9.93. The maximum absolute atomic E-state index is 12.1. The van der Waals surface area contributed by atoms with Crippen LogP contribution in [0.3, 0.4) is 0 Å². The van der Waals surface area contributed by atoms with Crippen molar-refractivity contribution < 1.29 is 9.90 Å². The van der Waals surface area contributed by atoms with Crippen molar-refractivity contribution in [3.8, 4) is 0 Å². The molecule has 0 amide bonds. The SMILES string of the molecule is NCC[C@H]1[C@H](C[C@@H](CC=CCCC2CCCCC2)CCc2ccccc2)CC[C@@H](Cc2ccccc2)[C@@H]1CC(=O)O. The molecular formula is C38H55NO2. The number of carboxylic acid groups (broad SMARTS) is 1. The van der Waals surface area contributed by atoms with E-state index in [-0.39, 0.29) is 12.3 Å². The van der Waals surface area contributed by atoms with Crippen molar-refractivity contribution in [3.05, 3.63) is 83.9 Å². The average molecular weight is 558 g/mol. The summed E-state index contributed by atoms with van der Waals surface area (Å²) in [4.78, 5) is 12.1. The summed E-state index contributed by atoms with van der Waals surface area (Å²) in [6, 6.07) is 21.6. The van der Waals surface area contributed by atoms with Crippen LogP contribution < -0.4 is 5.73 Å². The fourth-order valence-corrected chi connectivity index (χ4v) is 8.17. The van der Waals surface area contributed by atoms with E-state index in [1.165, 1.54) is 75.3 Å². The molecular weight excluding hydrogens is 502 g/mol. The summed E-state index contributed by atoms with van der Waals surface area (Å²) in [6.45, 7) is 0.644. The van der Waals surface area contributed by atoms with Gasteiger partial charge >= 0.3 is 5.97 Å². The highest BCUT2D eigenvalue weighted by molar-refractivity contribution is 5.67. The molecule has 5 atom stereocenters. The molecule has 2 aromatic carbocycles. The van der Waals surface area contributed by atoms with Gasteiger partial charge in [0.25, 0.3) is 0 Å². The highest BCUT2D eigenvalue weighted by atomic mass is 16.4. The third kappa shape index (κ3) is 10.7. The van der Waals surface area contributed by atoms with Crippen LogP contribution in [0.1, 0.15) is 101 Å². The second-order valence-electron chi connectivity index (χ2n) is 13.2. The molecule has 3 nitrogen and oxygen atoms in total. The van der Waals surface area contributed by atoms with Gasteiger partial charge in [0.05, 0.1) is 0 Å². The quantitative estimate of drug-likeness (QED) is 0.202. The highest BCUT2D eigenvalue weighted by Crippen LogP contribution is 2.46. The first-order chi connectivity index (χ1) is 20.1. The van der Waals surface area contributed by atoms with Gasteiger partial charge in [-0.2, -0.15) is 0 Å². The number of aliphatic carboxylic acids is 1. The van der Waals surface area contributed by atoms with Crippen LogP contribution in [0, 0.1) is 35.5 Å². The Morgan fingerprint density at radius 1 is 0.829 bits per heavy atom. The minimum absolute atomic E-state index is 0.204. The van der Waals surface area contributed by atoms with E-state index in [9.17, 15) is 9.90 Å². The van der Waals surface area contributed by atoms with E-state index in [2.05, 4.69) is 72.8 Å². The van der Waals surface area contributed by atoms with Gasteiger partial charge in [0.2, 0.25) is 0 Å². The van der Waals surface area contributed by atoms with Crippen molar-refractivity contribution >= 4 is 5.97 Å². The zero-order valence-corrected chi connectivity index (χ0v) is 25.3. The number of hydrogen-bond donors (Lipinski definition) is 2. The molecule has 2 aliphatic rings. The fraction of sp³-hybridized carbons (Fsp3) is 0.605. The molecule has 2 aromatic rings. The number of carboxylic acids is 1. The molecule has 3 heteroatoms. The van der Waals surface area contributed by atoms with Gasteiger partial charge in [-0.15, -0.1) is 0 Å². The Morgan fingerprint density at radius 3 is 2.20 bits per heavy atom. The van der Waals surface area contributed by atoms with Crippen molar-refractivity contribution in [2.24, 2.45) is 41.2 Å². The van der Waals surface area contributed by atoms with Gasteiger partial charge in [-0.1, -0.05) is 105 Å². The Labute approximate surface area is 250 Å². The second-order valence-corrected chi connectivity index (χ2v) is 13.2. The molecule has 0 aliphatic heterocycles. The molecule has 4 rings (SSSR count). The lowest BCUT2D eigenvalue weighted by molar-refractivity contribution is -0.140. The first-order valence-corrected chi connectivity index (χ1v) is 16.8. The lowest BCUT2D eigenvalue weighted by atomic mass is 9.61. The molecule has 0 radical (unpaired) electrons. The Hall–Kier alpha value is -2.39. The zero-order chi connectivity index (χ0) is 28.7. The van der Waals surface area contributed by atoms with Crippen molar-refractivity contribution in [3.63, 3.8) is 0 Å². The molecule has 2 aliphatic carbocycles. The Bertz CT molecular complexity index is 1010. The van der Waals surface area contributed by atoms with Crippen LogP contribution in [-0.4, -0.2) is 17.6 Å². The Kier molecular flexibility index (Phi) is 13.5. The van der Waals surface area contributed by atoms with Crippen LogP contribution in [0.15, 0.2) is 72.8 Å². The highest BCUT2D eigenvalue weighted by Gasteiger charge is 2.40. The van der Waals surface area contributed by atoms with Crippen LogP contribution in [0.2, 0.25) is 0 Å². The molecule has 2 fully saturated rings. The molecule has 0 unspecified atom stereocenters. The summed E-state index contributed by atoms with van der Waals surface area (Å²) in [5.74, 6) is 2.50. The monoisotopic (exact) mass is 557 g/mol. The lowest BCUT2D eigenvalue weighted by Crippen LogP contribution is -2.39. The van der Waals surface area contributed by atoms with Gasteiger partial charge in [-0.3, -0.25) is 4.79 Å². The van der Waals surface area contributed by atoms with Crippen LogP contribution >= 0.6 is 0 Å². The second kappa shape index (κ2) is 17.5. The molecule has 41 heavy (non-hydrogen) atoms. The van der Waals surface area contributed by atoms with E-state index < -0.39 is 5.97 Å². The molecule has 0 aromatic heterocycles. The van der Waals surface area contributed by atoms with E-state index in [1.54, 1.807) is 0 Å². The molecule has 2 saturated carbocycles. The van der Waals surface area contributed by atoms with E-state index in [0.717, 1.165) is 38.0 Å². The first kappa shape index (κ1) is 31.5. The molecule has 0 saturated heterocycles. The fourth-order valence-electron chi connectivity index (χ4n) is 8.17. The first-order valence-electron chi connectivity index (χ1n) is 16.8. The van der Waals surface area contributed by atoms with Gasteiger partial charge in [0, 0.05) is 6.42 Å². The predicted molar refractivity (Wildman–Crippen MR) is 172 cm³/mol. The number of benzene rings is 2. The van der Waals surface area contributed by atoms with Gasteiger partial charge < -0.3 is 10.8 Å². The standard InChI is InChI=1S/C38H55NO2/c39-26-25-36-34(23-24-35(37(36)29-38(40)41)27-32-18-10-4-11-19-32)28-33(22-21-31-16-8-2-9-17-31)20-12-3-7-15-30-13-5-1-6-14-30/h2-4,8-12,16-19,30,33-37H,1,5-7,13-15,20-29,39H2,(H,40,41)/t33-,34-,35-,36-,37-/m0/s1. The summed E-state index contributed by atoms with van der Waals surface area (Å²) in [5.41, 5.74) is 8.95. The largest absolute Gasteiger partial charge is 0.481 e. The number of rotatable bonds is 16. The molecule has 0 heterocycles. The van der Waals surface area contributed by atoms with Crippen molar-refractivity contribution in [2.45, 2.75) is 103 Å². The van der Waals surface area contributed by atoms with E-state index in [4.69, 9.17) is 5.73 Å². The van der Waals surface area contributed by atoms with Crippen molar-refractivity contribution in [2.75, 3.05) is 6.54 Å². The molecule has 0 spiro atoms. The van der Waals surface area contributed by atoms with Crippen molar-refractivity contribution in [1.82, 2.24) is 0 Å². The minimum atomic E-state index is -0.655. The summed E-state index contributed by atoms with van der Waals surface area (Å²) < 4.78 is 0. The minimum Gasteiger partial charge on any atom is -0.481 e. The number of allylic oxidation sites excluding steroid dienone is 2. The van der Waals surface area contributed by atoms with E-state index in [0.29, 0.717) is 30.2 Å². The number of aryl methyl sites for hydroxylation is 1. The Balaban J connectivity index is 1.42. The molecule has 224 valence electrons. The summed E-state index contributed by atoms with van der Waals surface area (Å²) in [6.07, 6.45) is 23.8. The van der Waals surface area contributed by atoms with Crippen LogP contribution in [0.25, 0.3) is 0 Å². The third-order valence-corrected chi connectivity index (χ3v) is 10.3. The van der Waals surface area contributed by atoms with E-state index in [1.807, 2.05) is 0 Å². The van der Waals surface area contributed by atoms with Gasteiger partial charge in [-0.05, 0) is 117 Å². The predicted octanol–water partition coefficient (Wildman–Crippen LogP) is 9.26.